The molecule has 8 nitrogen and oxygen atoms in total. The first-order valence-corrected chi connectivity index (χ1v) is 11.0. The Hall–Kier alpha value is -2.84. The molecule has 32 heavy (non-hydrogen) atoms. The highest BCUT2D eigenvalue weighted by Gasteiger charge is 2.21. The van der Waals surface area contributed by atoms with Crippen LogP contribution in [0.25, 0.3) is 0 Å². The van der Waals surface area contributed by atoms with Crippen LogP contribution in [0.3, 0.4) is 0 Å². The van der Waals surface area contributed by atoms with Gasteiger partial charge < -0.3 is 29.8 Å². The number of oxime groups is 1. The van der Waals surface area contributed by atoms with Crippen LogP contribution in [0.15, 0.2) is 42.1 Å². The highest BCUT2D eigenvalue weighted by molar-refractivity contribution is 5.96. The number of aromatic hydroxyl groups is 2. The molecule has 0 saturated carbocycles. The van der Waals surface area contributed by atoms with Crippen LogP contribution in [0.2, 0.25) is 0 Å². The SMILES string of the molecule is C=CCCO[C@@H](O)c1c(O)cc(O)cc1CC(/C=C/CC)=N\OCC(=O)N1CCCCC1. The van der Waals surface area contributed by atoms with Crippen molar-refractivity contribution >= 4 is 11.6 Å². The molecule has 1 aliphatic rings. The van der Waals surface area contributed by atoms with Crippen molar-refractivity contribution in [2.45, 2.75) is 51.7 Å². The van der Waals surface area contributed by atoms with Gasteiger partial charge in [-0.05, 0) is 49.8 Å². The Balaban J connectivity index is 2.16. The zero-order chi connectivity index (χ0) is 23.3. The summed E-state index contributed by atoms with van der Waals surface area (Å²) in [5, 5.41) is 34.8. The molecular weight excluding hydrogens is 412 g/mol. The van der Waals surface area contributed by atoms with Gasteiger partial charge in [-0.2, -0.15) is 0 Å². The number of carbonyl (C=O) groups is 1. The molecule has 1 aromatic carbocycles. The molecule has 2 rings (SSSR count). The molecule has 0 aliphatic carbocycles. The predicted molar refractivity (Wildman–Crippen MR) is 122 cm³/mol. The van der Waals surface area contributed by atoms with Crippen molar-refractivity contribution in [1.29, 1.82) is 0 Å². The summed E-state index contributed by atoms with van der Waals surface area (Å²) in [4.78, 5) is 19.4. The number of allylic oxidation sites excluding steroid dienone is 2. The lowest BCUT2D eigenvalue weighted by atomic mass is 9.99. The lowest BCUT2D eigenvalue weighted by molar-refractivity contribution is -0.137. The van der Waals surface area contributed by atoms with E-state index >= 15 is 0 Å². The Bertz CT molecular complexity index is 815. The van der Waals surface area contributed by atoms with Crippen molar-refractivity contribution in [3.63, 3.8) is 0 Å². The third-order valence-electron chi connectivity index (χ3n) is 5.07. The zero-order valence-corrected chi connectivity index (χ0v) is 18.7. The number of nitrogens with zero attached hydrogens (tertiary/aromatic N) is 2. The Kier molecular flexibility index (Phi) is 10.8. The fourth-order valence-electron chi connectivity index (χ4n) is 3.43. The summed E-state index contributed by atoms with van der Waals surface area (Å²) in [5.74, 6) is -0.542. The van der Waals surface area contributed by atoms with Gasteiger partial charge in [0, 0.05) is 25.6 Å². The van der Waals surface area contributed by atoms with Crippen LogP contribution >= 0.6 is 0 Å². The summed E-state index contributed by atoms with van der Waals surface area (Å²) in [6, 6.07) is 2.58. The molecule has 1 aromatic rings. The Labute approximate surface area is 189 Å². The highest BCUT2D eigenvalue weighted by atomic mass is 16.6. The summed E-state index contributed by atoms with van der Waals surface area (Å²) < 4.78 is 5.38. The molecule has 0 radical (unpaired) electrons. The maximum absolute atomic E-state index is 12.3. The van der Waals surface area contributed by atoms with Crippen molar-refractivity contribution in [3.8, 4) is 11.5 Å². The third-order valence-corrected chi connectivity index (χ3v) is 5.07. The first-order valence-electron chi connectivity index (χ1n) is 11.0. The second-order valence-corrected chi connectivity index (χ2v) is 7.62. The number of piperidine rings is 1. The normalized spacial score (nSPS) is 15.7. The van der Waals surface area contributed by atoms with Crippen LogP contribution in [0, 0.1) is 0 Å². The number of hydrogen-bond donors (Lipinski definition) is 3. The number of carbonyl (C=O) groups excluding carboxylic acids is 1. The van der Waals surface area contributed by atoms with Gasteiger partial charge in [-0.1, -0.05) is 24.2 Å². The van der Waals surface area contributed by atoms with Crippen LogP contribution in [0.4, 0.5) is 0 Å². The van der Waals surface area contributed by atoms with Gasteiger partial charge in [0.1, 0.15) is 11.5 Å². The van der Waals surface area contributed by atoms with E-state index in [2.05, 4.69) is 11.7 Å². The van der Waals surface area contributed by atoms with Crippen LogP contribution in [0.1, 0.15) is 56.4 Å². The molecule has 1 heterocycles. The topological polar surface area (TPSA) is 112 Å². The van der Waals surface area contributed by atoms with Gasteiger partial charge in [-0.25, -0.2) is 0 Å². The molecule has 1 fully saturated rings. The molecule has 1 amide bonds. The van der Waals surface area contributed by atoms with E-state index in [1.54, 1.807) is 17.1 Å². The van der Waals surface area contributed by atoms with Crippen molar-refractivity contribution in [3.05, 3.63) is 48.1 Å². The molecule has 8 heteroatoms. The number of phenols is 2. The van der Waals surface area contributed by atoms with Gasteiger partial charge in [0.15, 0.2) is 12.9 Å². The number of benzene rings is 1. The molecule has 0 aromatic heterocycles. The molecule has 1 atom stereocenters. The number of rotatable bonds is 12. The minimum Gasteiger partial charge on any atom is -0.508 e. The van der Waals surface area contributed by atoms with Crippen LogP contribution in [0.5, 0.6) is 11.5 Å². The average molecular weight is 447 g/mol. The number of hydrogen-bond acceptors (Lipinski definition) is 7. The van der Waals surface area contributed by atoms with Gasteiger partial charge >= 0.3 is 0 Å². The van der Waals surface area contributed by atoms with E-state index in [0.29, 0.717) is 17.7 Å². The molecule has 0 unspecified atom stereocenters. The minimum absolute atomic E-state index is 0.103. The van der Waals surface area contributed by atoms with Gasteiger partial charge in [-0.3, -0.25) is 4.79 Å². The number of amides is 1. The fourth-order valence-corrected chi connectivity index (χ4v) is 3.43. The quantitative estimate of drug-likeness (QED) is 0.149. The Morgan fingerprint density at radius 2 is 2.03 bits per heavy atom. The zero-order valence-electron chi connectivity index (χ0n) is 18.7. The Morgan fingerprint density at radius 1 is 1.28 bits per heavy atom. The third kappa shape index (κ3) is 8.01. The summed E-state index contributed by atoms with van der Waals surface area (Å²) >= 11 is 0. The highest BCUT2D eigenvalue weighted by Crippen LogP contribution is 2.33. The molecule has 1 saturated heterocycles. The van der Waals surface area contributed by atoms with Crippen molar-refractivity contribution in [2.24, 2.45) is 5.16 Å². The van der Waals surface area contributed by atoms with Gasteiger partial charge in [-0.15, -0.1) is 6.58 Å². The Morgan fingerprint density at radius 3 is 2.72 bits per heavy atom. The van der Waals surface area contributed by atoms with E-state index in [1.165, 1.54) is 6.07 Å². The largest absolute Gasteiger partial charge is 0.508 e. The van der Waals surface area contributed by atoms with E-state index in [0.717, 1.165) is 44.8 Å². The molecule has 1 aliphatic heterocycles. The number of aliphatic hydroxyl groups excluding tert-OH is 1. The number of ether oxygens (including phenoxy) is 1. The minimum atomic E-state index is -1.39. The van der Waals surface area contributed by atoms with Crippen LogP contribution in [-0.4, -0.2) is 58.1 Å². The van der Waals surface area contributed by atoms with E-state index in [4.69, 9.17) is 9.57 Å². The summed E-state index contributed by atoms with van der Waals surface area (Å²) in [5.41, 5.74) is 1.05. The number of phenolic OH excluding ortho intramolecular Hbond substituents is 2. The standard InChI is InChI=1S/C24H34N2O6/c1-3-5-10-19(25-32-17-22(29)26-11-8-7-9-12-26)14-18-15-20(27)16-21(28)23(18)24(30)31-13-6-4-2/h4-5,10,15-16,24,27-28,30H,2-3,6-9,11-14,17H2,1H3/b10-5+,25-19-/t24-/m1/s1. The fraction of sp³-hybridized carbons (Fsp3) is 0.500. The number of aliphatic hydroxyl groups is 1. The molecule has 0 spiro atoms. The monoisotopic (exact) mass is 446 g/mol. The van der Waals surface area contributed by atoms with Crippen LogP contribution < -0.4 is 0 Å². The first kappa shape index (κ1) is 25.4. The van der Waals surface area contributed by atoms with Crippen molar-refractivity contribution in [2.75, 3.05) is 26.3 Å². The maximum Gasteiger partial charge on any atom is 0.263 e. The van der Waals surface area contributed by atoms with E-state index in [1.807, 2.05) is 13.0 Å². The van der Waals surface area contributed by atoms with Gasteiger partial charge in [0.05, 0.1) is 17.9 Å². The smallest absolute Gasteiger partial charge is 0.263 e. The van der Waals surface area contributed by atoms with Gasteiger partial charge in [0.25, 0.3) is 5.91 Å². The molecular formula is C24H34N2O6. The number of likely N-dealkylation sites (tertiary alicyclic amines) is 1. The second kappa shape index (κ2) is 13.5. The van der Waals surface area contributed by atoms with Crippen molar-refractivity contribution in [1.82, 2.24) is 4.90 Å². The summed E-state index contributed by atoms with van der Waals surface area (Å²) in [7, 11) is 0. The second-order valence-electron chi connectivity index (χ2n) is 7.62. The molecule has 176 valence electrons. The van der Waals surface area contributed by atoms with Crippen LogP contribution in [-0.2, 0) is 20.8 Å². The van der Waals surface area contributed by atoms with E-state index < -0.39 is 6.29 Å². The van der Waals surface area contributed by atoms with E-state index in [9.17, 15) is 20.1 Å². The average Bonchev–Trinajstić information content (AvgIpc) is 2.77. The summed E-state index contributed by atoms with van der Waals surface area (Å²) in [6.45, 7) is 7.12. The van der Waals surface area contributed by atoms with Gasteiger partial charge in [0.2, 0.25) is 0 Å². The predicted octanol–water partition coefficient (Wildman–Crippen LogP) is 3.58. The first-order chi connectivity index (χ1) is 15.5. The molecule has 3 N–H and O–H groups in total. The molecule has 0 bridgehead atoms. The van der Waals surface area contributed by atoms with Crippen molar-refractivity contribution < 1.29 is 29.7 Å². The maximum atomic E-state index is 12.3. The summed E-state index contributed by atoms with van der Waals surface area (Å²) in [6.07, 6.45) is 8.49. The lowest BCUT2D eigenvalue weighted by Gasteiger charge is -2.26. The lowest BCUT2D eigenvalue weighted by Crippen LogP contribution is -2.37. The van der Waals surface area contributed by atoms with E-state index in [-0.39, 0.29) is 42.6 Å².